The molecule has 0 radical (unpaired) electrons. The topological polar surface area (TPSA) is 12.0 Å². The van der Waals surface area contributed by atoms with Crippen LogP contribution in [-0.4, -0.2) is 6.04 Å². The number of hydrogen-bond acceptors (Lipinski definition) is 2. The third-order valence-corrected chi connectivity index (χ3v) is 4.47. The van der Waals surface area contributed by atoms with E-state index in [1.54, 1.807) is 0 Å². The van der Waals surface area contributed by atoms with Crippen LogP contribution in [0.3, 0.4) is 0 Å². The van der Waals surface area contributed by atoms with E-state index in [0.29, 0.717) is 0 Å². The van der Waals surface area contributed by atoms with Crippen molar-refractivity contribution in [2.45, 2.75) is 64.5 Å². The Kier molecular flexibility index (Phi) is 4.86. The molecule has 0 aromatic carbocycles. The lowest BCUT2D eigenvalue weighted by atomic mass is 9.97. The van der Waals surface area contributed by atoms with E-state index in [2.05, 4.69) is 24.4 Å². The molecule has 0 unspecified atom stereocenters. The van der Waals surface area contributed by atoms with Crippen molar-refractivity contribution < 1.29 is 0 Å². The van der Waals surface area contributed by atoms with E-state index in [1.165, 1.54) is 54.7 Å². The van der Waals surface area contributed by atoms with Gasteiger partial charge >= 0.3 is 0 Å². The molecule has 1 N–H and O–H groups in total. The van der Waals surface area contributed by atoms with Crippen LogP contribution in [0.1, 0.15) is 54.7 Å². The van der Waals surface area contributed by atoms with Crippen LogP contribution in [0.5, 0.6) is 0 Å². The van der Waals surface area contributed by atoms with Gasteiger partial charge in [-0.15, -0.1) is 11.3 Å². The maximum atomic E-state index is 3.73. The molecule has 0 aliphatic heterocycles. The molecule has 1 fully saturated rings. The smallest absolute Gasteiger partial charge is 0.0302 e. The predicted molar refractivity (Wildman–Crippen MR) is 72.0 cm³/mol. The molecule has 90 valence electrons. The Balaban J connectivity index is 1.75. The molecule has 0 bridgehead atoms. The quantitative estimate of drug-likeness (QED) is 0.828. The molecule has 1 heterocycles. The van der Waals surface area contributed by atoms with E-state index in [9.17, 15) is 0 Å². The monoisotopic (exact) mass is 237 g/mol. The molecule has 0 amide bonds. The highest BCUT2D eigenvalue weighted by Gasteiger charge is 2.10. The van der Waals surface area contributed by atoms with Gasteiger partial charge in [0.1, 0.15) is 0 Å². The van der Waals surface area contributed by atoms with E-state index >= 15 is 0 Å². The zero-order chi connectivity index (χ0) is 11.2. The molecule has 1 aromatic heterocycles. The second kappa shape index (κ2) is 6.41. The maximum Gasteiger partial charge on any atom is 0.0302 e. The minimum Gasteiger partial charge on any atom is -0.309 e. The third kappa shape index (κ3) is 3.91. The van der Waals surface area contributed by atoms with Crippen LogP contribution in [0, 0.1) is 6.92 Å². The van der Waals surface area contributed by atoms with Crippen LogP contribution in [0.2, 0.25) is 0 Å². The zero-order valence-corrected chi connectivity index (χ0v) is 11.1. The van der Waals surface area contributed by atoms with E-state index in [-0.39, 0.29) is 0 Å². The second-order valence-electron chi connectivity index (χ2n) is 4.94. The first-order valence-corrected chi connectivity index (χ1v) is 7.45. The fraction of sp³-hybridized carbons (Fsp3) is 0.714. The number of aryl methyl sites for hydroxylation is 1. The lowest BCUT2D eigenvalue weighted by molar-refractivity contribution is 0.390. The van der Waals surface area contributed by atoms with E-state index in [0.717, 1.165) is 12.6 Å². The average molecular weight is 237 g/mol. The fourth-order valence-electron chi connectivity index (χ4n) is 2.49. The highest BCUT2D eigenvalue weighted by Crippen LogP contribution is 2.19. The second-order valence-corrected chi connectivity index (χ2v) is 6.31. The zero-order valence-electron chi connectivity index (χ0n) is 10.3. The molecule has 1 saturated carbocycles. The Morgan fingerprint density at radius 2 is 1.81 bits per heavy atom. The summed E-state index contributed by atoms with van der Waals surface area (Å²) in [5.41, 5.74) is 0. The average Bonchev–Trinajstić information content (AvgIpc) is 2.63. The summed E-state index contributed by atoms with van der Waals surface area (Å²) in [5, 5.41) is 3.73. The first kappa shape index (κ1) is 12.1. The van der Waals surface area contributed by atoms with Gasteiger partial charge in [0.25, 0.3) is 0 Å². The Hall–Kier alpha value is -0.340. The van der Waals surface area contributed by atoms with Crippen molar-refractivity contribution in [1.82, 2.24) is 5.32 Å². The summed E-state index contributed by atoms with van der Waals surface area (Å²) in [4.78, 5) is 2.91. The van der Waals surface area contributed by atoms with E-state index in [4.69, 9.17) is 0 Å². The van der Waals surface area contributed by atoms with Crippen LogP contribution < -0.4 is 5.32 Å². The first-order chi connectivity index (χ1) is 7.84. The van der Waals surface area contributed by atoms with Crippen LogP contribution in [-0.2, 0) is 6.54 Å². The minimum atomic E-state index is 0.766. The number of rotatable bonds is 3. The molecule has 1 aromatic rings. The van der Waals surface area contributed by atoms with Crippen LogP contribution in [0.4, 0.5) is 0 Å². The predicted octanol–water partition coefficient (Wildman–Crippen LogP) is 4.26. The van der Waals surface area contributed by atoms with E-state index in [1.807, 2.05) is 11.3 Å². The Morgan fingerprint density at radius 1 is 1.12 bits per heavy atom. The van der Waals surface area contributed by atoms with Gasteiger partial charge in [-0.25, -0.2) is 0 Å². The molecule has 2 heteroatoms. The van der Waals surface area contributed by atoms with Crippen molar-refractivity contribution in [3.05, 3.63) is 21.9 Å². The Morgan fingerprint density at radius 3 is 2.44 bits per heavy atom. The maximum absolute atomic E-state index is 3.73. The third-order valence-electron chi connectivity index (χ3n) is 3.47. The lowest BCUT2D eigenvalue weighted by Crippen LogP contribution is -2.28. The summed E-state index contributed by atoms with van der Waals surface area (Å²) in [7, 11) is 0. The van der Waals surface area contributed by atoms with Crippen LogP contribution in [0.15, 0.2) is 12.1 Å². The largest absolute Gasteiger partial charge is 0.309 e. The highest BCUT2D eigenvalue weighted by atomic mass is 32.1. The van der Waals surface area contributed by atoms with Gasteiger partial charge in [0.05, 0.1) is 0 Å². The highest BCUT2D eigenvalue weighted by molar-refractivity contribution is 7.11. The molecule has 0 spiro atoms. The van der Waals surface area contributed by atoms with Gasteiger partial charge in [-0.3, -0.25) is 0 Å². The first-order valence-electron chi connectivity index (χ1n) is 6.63. The van der Waals surface area contributed by atoms with Gasteiger partial charge in [-0.1, -0.05) is 32.1 Å². The Bertz CT molecular complexity index is 297. The van der Waals surface area contributed by atoms with Crippen molar-refractivity contribution in [2.75, 3.05) is 0 Å². The summed E-state index contributed by atoms with van der Waals surface area (Å²) >= 11 is 1.92. The summed E-state index contributed by atoms with van der Waals surface area (Å²) in [5.74, 6) is 0. The van der Waals surface area contributed by atoms with Crippen LogP contribution >= 0.6 is 11.3 Å². The SMILES string of the molecule is Cc1ccc(CNC2CCCCCCC2)s1. The van der Waals surface area contributed by atoms with Gasteiger partial charge in [-0.2, -0.15) is 0 Å². The van der Waals surface area contributed by atoms with Crippen molar-refractivity contribution in [3.63, 3.8) is 0 Å². The van der Waals surface area contributed by atoms with Gasteiger partial charge in [0.15, 0.2) is 0 Å². The van der Waals surface area contributed by atoms with Crippen LogP contribution in [0.25, 0.3) is 0 Å². The van der Waals surface area contributed by atoms with Gasteiger partial charge < -0.3 is 5.32 Å². The van der Waals surface area contributed by atoms with Crippen molar-refractivity contribution in [1.29, 1.82) is 0 Å². The molecular formula is C14H23NS. The normalized spacial score (nSPS) is 19.3. The van der Waals surface area contributed by atoms with E-state index < -0.39 is 0 Å². The van der Waals surface area contributed by atoms with Crippen molar-refractivity contribution in [2.24, 2.45) is 0 Å². The van der Waals surface area contributed by atoms with Gasteiger partial charge in [-0.05, 0) is 31.9 Å². The lowest BCUT2D eigenvalue weighted by Gasteiger charge is -2.20. The summed E-state index contributed by atoms with van der Waals surface area (Å²) in [6.07, 6.45) is 9.93. The molecule has 16 heavy (non-hydrogen) atoms. The fourth-order valence-corrected chi connectivity index (χ4v) is 3.33. The summed E-state index contributed by atoms with van der Waals surface area (Å²) in [6, 6.07) is 5.25. The van der Waals surface area contributed by atoms with Crippen molar-refractivity contribution in [3.8, 4) is 0 Å². The summed E-state index contributed by atoms with van der Waals surface area (Å²) < 4.78 is 0. The number of thiophene rings is 1. The van der Waals surface area contributed by atoms with Crippen molar-refractivity contribution >= 4 is 11.3 Å². The van der Waals surface area contributed by atoms with Gasteiger partial charge in [0, 0.05) is 22.3 Å². The molecule has 1 aliphatic carbocycles. The Labute approximate surface area is 103 Å². The van der Waals surface area contributed by atoms with Gasteiger partial charge in [0.2, 0.25) is 0 Å². The molecule has 1 nitrogen and oxygen atoms in total. The minimum absolute atomic E-state index is 0.766. The molecule has 2 rings (SSSR count). The number of nitrogens with one attached hydrogen (secondary N) is 1. The standard InChI is InChI=1S/C14H23NS/c1-12-9-10-14(16-12)11-15-13-7-5-3-2-4-6-8-13/h9-10,13,15H,2-8,11H2,1H3. The number of hydrogen-bond donors (Lipinski definition) is 1. The molecule has 1 aliphatic rings. The molecule has 0 saturated heterocycles. The molecular weight excluding hydrogens is 214 g/mol. The molecule has 0 atom stereocenters. The summed E-state index contributed by atoms with van der Waals surface area (Å²) in [6.45, 7) is 3.26.